The van der Waals surface area contributed by atoms with Crippen molar-refractivity contribution in [1.82, 2.24) is 4.98 Å². The SMILES string of the molecule is COc1ccc2cc(CCC(=O)Nc3cccc(Br)c3)c(=O)[nH]c2c1. The lowest BCUT2D eigenvalue weighted by atomic mass is 10.1. The van der Waals surface area contributed by atoms with Gasteiger partial charge in [-0.05, 0) is 48.2 Å². The Kier molecular flexibility index (Phi) is 5.19. The Hall–Kier alpha value is -2.60. The van der Waals surface area contributed by atoms with Gasteiger partial charge in [0, 0.05) is 28.2 Å². The lowest BCUT2D eigenvalue weighted by molar-refractivity contribution is -0.116. The Balaban J connectivity index is 1.71. The first-order chi connectivity index (χ1) is 12.0. The number of fused-ring (bicyclic) bond motifs is 1. The van der Waals surface area contributed by atoms with E-state index in [0.29, 0.717) is 23.3 Å². The quantitative estimate of drug-likeness (QED) is 0.682. The van der Waals surface area contributed by atoms with E-state index >= 15 is 0 Å². The van der Waals surface area contributed by atoms with Gasteiger partial charge in [-0.1, -0.05) is 22.0 Å². The molecule has 0 radical (unpaired) electrons. The molecule has 0 aliphatic carbocycles. The van der Waals surface area contributed by atoms with Crippen LogP contribution in [0.15, 0.2) is 57.8 Å². The van der Waals surface area contributed by atoms with Crippen molar-refractivity contribution in [3.63, 3.8) is 0 Å². The zero-order valence-electron chi connectivity index (χ0n) is 13.6. The average molecular weight is 401 g/mol. The summed E-state index contributed by atoms with van der Waals surface area (Å²) in [5, 5.41) is 3.73. The van der Waals surface area contributed by atoms with Gasteiger partial charge in [0.1, 0.15) is 5.75 Å². The Morgan fingerprint density at radius 1 is 1.20 bits per heavy atom. The van der Waals surface area contributed by atoms with E-state index in [0.717, 1.165) is 15.5 Å². The number of pyridine rings is 1. The van der Waals surface area contributed by atoms with Crippen LogP contribution in [0.4, 0.5) is 5.69 Å². The number of rotatable bonds is 5. The number of nitrogens with one attached hydrogen (secondary N) is 2. The van der Waals surface area contributed by atoms with Crippen molar-refractivity contribution in [2.24, 2.45) is 0 Å². The number of H-pyrrole nitrogens is 1. The van der Waals surface area contributed by atoms with Crippen molar-refractivity contribution in [1.29, 1.82) is 0 Å². The molecule has 0 bridgehead atoms. The van der Waals surface area contributed by atoms with Crippen molar-refractivity contribution in [3.05, 3.63) is 68.9 Å². The van der Waals surface area contributed by atoms with Gasteiger partial charge in [-0.25, -0.2) is 0 Å². The number of anilines is 1. The van der Waals surface area contributed by atoms with Gasteiger partial charge in [0.05, 0.1) is 12.6 Å². The van der Waals surface area contributed by atoms with Crippen molar-refractivity contribution >= 4 is 38.4 Å². The maximum Gasteiger partial charge on any atom is 0.251 e. The number of methoxy groups -OCH3 is 1. The molecule has 0 aliphatic rings. The minimum absolute atomic E-state index is 0.132. The Bertz CT molecular complexity index is 982. The molecule has 1 heterocycles. The van der Waals surface area contributed by atoms with Crippen molar-refractivity contribution in [2.45, 2.75) is 12.8 Å². The van der Waals surface area contributed by atoms with E-state index < -0.39 is 0 Å². The molecule has 3 rings (SSSR count). The van der Waals surface area contributed by atoms with Crippen LogP contribution in [0.25, 0.3) is 10.9 Å². The average Bonchev–Trinajstić information content (AvgIpc) is 2.59. The maximum absolute atomic E-state index is 12.2. The number of carbonyl (C=O) groups is 1. The fourth-order valence-corrected chi connectivity index (χ4v) is 2.98. The summed E-state index contributed by atoms with van der Waals surface area (Å²) in [5.74, 6) is 0.552. The topological polar surface area (TPSA) is 71.2 Å². The van der Waals surface area contributed by atoms with E-state index in [9.17, 15) is 9.59 Å². The molecule has 0 aliphatic heterocycles. The van der Waals surface area contributed by atoms with Crippen molar-refractivity contribution < 1.29 is 9.53 Å². The summed E-state index contributed by atoms with van der Waals surface area (Å²) in [6.07, 6.45) is 0.606. The van der Waals surface area contributed by atoms with Gasteiger partial charge >= 0.3 is 0 Å². The summed E-state index contributed by atoms with van der Waals surface area (Å²) in [6, 6.07) is 14.7. The Morgan fingerprint density at radius 2 is 2.04 bits per heavy atom. The predicted molar refractivity (Wildman–Crippen MR) is 102 cm³/mol. The summed E-state index contributed by atoms with van der Waals surface area (Å²) in [4.78, 5) is 27.2. The smallest absolute Gasteiger partial charge is 0.251 e. The Morgan fingerprint density at radius 3 is 2.80 bits per heavy atom. The number of ether oxygens (including phenoxy) is 1. The monoisotopic (exact) mass is 400 g/mol. The number of halogens is 1. The number of aromatic nitrogens is 1. The van der Waals surface area contributed by atoms with E-state index in [1.54, 1.807) is 13.2 Å². The highest BCUT2D eigenvalue weighted by Crippen LogP contribution is 2.19. The Labute approximate surface area is 153 Å². The fourth-order valence-electron chi connectivity index (χ4n) is 2.58. The molecule has 0 fully saturated rings. The van der Waals surface area contributed by atoms with Gasteiger partial charge in [-0.15, -0.1) is 0 Å². The lowest BCUT2D eigenvalue weighted by Crippen LogP contribution is -2.17. The summed E-state index contributed by atoms with van der Waals surface area (Å²) >= 11 is 3.36. The van der Waals surface area contributed by atoms with Crippen molar-refractivity contribution in [2.75, 3.05) is 12.4 Å². The van der Waals surface area contributed by atoms with Gasteiger partial charge in [0.25, 0.3) is 5.56 Å². The number of benzene rings is 2. The molecular formula is C19H17BrN2O3. The molecule has 0 saturated carbocycles. The molecule has 1 amide bonds. The standard InChI is InChI=1S/C19H17BrN2O3/c1-25-16-7-5-12-9-13(19(24)22-17(12)11-16)6-8-18(23)21-15-4-2-3-14(20)10-15/h2-5,7,9-11H,6,8H2,1H3,(H,21,23)(H,22,24). The summed E-state index contributed by atoms with van der Waals surface area (Å²) in [7, 11) is 1.58. The normalized spacial score (nSPS) is 10.6. The highest BCUT2D eigenvalue weighted by Gasteiger charge is 2.08. The molecule has 128 valence electrons. The fraction of sp³-hybridized carbons (Fsp3) is 0.158. The first-order valence-corrected chi connectivity index (χ1v) is 8.60. The van der Waals surface area contributed by atoms with Gasteiger partial charge in [-0.3, -0.25) is 9.59 Å². The zero-order valence-corrected chi connectivity index (χ0v) is 15.2. The molecule has 6 heteroatoms. The molecule has 0 spiro atoms. The number of amides is 1. The van der Waals surface area contributed by atoms with Crippen LogP contribution in [0.3, 0.4) is 0 Å². The van der Waals surface area contributed by atoms with Crippen LogP contribution in [0.1, 0.15) is 12.0 Å². The lowest BCUT2D eigenvalue weighted by Gasteiger charge is -2.07. The largest absolute Gasteiger partial charge is 0.497 e. The van der Waals surface area contributed by atoms with Gasteiger partial charge < -0.3 is 15.0 Å². The zero-order chi connectivity index (χ0) is 17.8. The van der Waals surface area contributed by atoms with Crippen LogP contribution in [0, 0.1) is 0 Å². The number of carbonyl (C=O) groups excluding carboxylic acids is 1. The van der Waals surface area contributed by atoms with Crippen LogP contribution >= 0.6 is 15.9 Å². The molecule has 2 aromatic carbocycles. The first-order valence-electron chi connectivity index (χ1n) is 7.80. The highest BCUT2D eigenvalue weighted by molar-refractivity contribution is 9.10. The van der Waals surface area contributed by atoms with Crippen molar-refractivity contribution in [3.8, 4) is 5.75 Å². The molecule has 0 saturated heterocycles. The van der Waals surface area contributed by atoms with E-state index in [-0.39, 0.29) is 17.9 Å². The molecule has 0 atom stereocenters. The number of hydrogen-bond donors (Lipinski definition) is 2. The second-order valence-corrected chi connectivity index (χ2v) is 6.55. The van der Waals surface area contributed by atoms with Crippen LogP contribution in [0.2, 0.25) is 0 Å². The minimum Gasteiger partial charge on any atom is -0.497 e. The first kappa shape index (κ1) is 17.2. The van der Waals surface area contributed by atoms with Crippen LogP contribution in [-0.2, 0) is 11.2 Å². The minimum atomic E-state index is -0.184. The summed E-state index contributed by atoms with van der Waals surface area (Å²) in [6.45, 7) is 0. The molecular weight excluding hydrogens is 384 g/mol. The number of hydrogen-bond acceptors (Lipinski definition) is 3. The predicted octanol–water partition coefficient (Wildman–Crippen LogP) is 3.87. The second kappa shape index (κ2) is 7.53. The molecule has 3 aromatic rings. The van der Waals surface area contributed by atoms with Crippen LogP contribution in [-0.4, -0.2) is 18.0 Å². The van der Waals surface area contributed by atoms with E-state index in [4.69, 9.17) is 4.74 Å². The molecule has 0 unspecified atom stereocenters. The van der Waals surface area contributed by atoms with E-state index in [1.807, 2.05) is 42.5 Å². The third kappa shape index (κ3) is 4.28. The van der Waals surface area contributed by atoms with E-state index in [2.05, 4.69) is 26.2 Å². The molecule has 25 heavy (non-hydrogen) atoms. The molecule has 1 aromatic heterocycles. The van der Waals surface area contributed by atoms with Gasteiger partial charge in [0.15, 0.2) is 0 Å². The summed E-state index contributed by atoms with van der Waals surface area (Å²) < 4.78 is 6.05. The van der Waals surface area contributed by atoms with Gasteiger partial charge in [-0.2, -0.15) is 0 Å². The van der Waals surface area contributed by atoms with Crippen LogP contribution in [0.5, 0.6) is 5.75 Å². The van der Waals surface area contributed by atoms with Gasteiger partial charge in [0.2, 0.25) is 5.91 Å². The molecule has 5 nitrogen and oxygen atoms in total. The number of aryl methyl sites for hydroxylation is 1. The third-order valence-electron chi connectivity index (χ3n) is 3.86. The third-order valence-corrected chi connectivity index (χ3v) is 4.35. The number of aromatic amines is 1. The highest BCUT2D eigenvalue weighted by atomic mass is 79.9. The maximum atomic E-state index is 12.2. The second-order valence-electron chi connectivity index (χ2n) is 5.64. The van der Waals surface area contributed by atoms with E-state index in [1.165, 1.54) is 0 Å². The molecule has 2 N–H and O–H groups in total. The van der Waals surface area contributed by atoms with Crippen LogP contribution < -0.4 is 15.6 Å². The summed E-state index contributed by atoms with van der Waals surface area (Å²) in [5.41, 5.74) is 1.84.